The van der Waals surface area contributed by atoms with Crippen molar-refractivity contribution in [1.82, 2.24) is 15.2 Å². The van der Waals surface area contributed by atoms with Crippen molar-refractivity contribution in [2.45, 2.75) is 37.0 Å². The second kappa shape index (κ2) is 5.62. The van der Waals surface area contributed by atoms with Crippen LogP contribution in [0.25, 0.3) is 0 Å². The highest BCUT2D eigenvalue weighted by Gasteiger charge is 2.21. The number of carboxylic acids is 1. The third kappa shape index (κ3) is 3.36. The summed E-state index contributed by atoms with van der Waals surface area (Å²) in [6, 6.07) is 3.12. The van der Waals surface area contributed by atoms with Crippen LogP contribution in [0, 0.1) is 0 Å². The average Bonchev–Trinajstić information content (AvgIpc) is 2.85. The van der Waals surface area contributed by atoms with Gasteiger partial charge in [0.1, 0.15) is 5.03 Å². The fraction of sp³-hybridized carbons (Fsp3) is 0.385. The van der Waals surface area contributed by atoms with Crippen LogP contribution in [0.2, 0.25) is 0 Å². The lowest BCUT2D eigenvalue weighted by Gasteiger charge is -2.10. The molecule has 2 rings (SSSR count). The van der Waals surface area contributed by atoms with Crippen molar-refractivity contribution in [3.8, 4) is 0 Å². The molecule has 0 aliphatic heterocycles. The Labute approximate surface area is 120 Å². The molecule has 2 aromatic heterocycles. The van der Waals surface area contributed by atoms with Gasteiger partial charge in [-0.3, -0.25) is 0 Å². The van der Waals surface area contributed by atoms with Gasteiger partial charge in [-0.2, -0.15) is 0 Å². The topological polar surface area (TPSA) is 89.1 Å². The number of carboxylic acid groups (broad SMARTS) is 1. The Morgan fingerprint density at radius 3 is 2.75 bits per heavy atom. The predicted molar refractivity (Wildman–Crippen MR) is 73.8 cm³/mol. The van der Waals surface area contributed by atoms with E-state index in [9.17, 15) is 4.79 Å². The summed E-state index contributed by atoms with van der Waals surface area (Å²) in [6.45, 7) is 5.95. The summed E-state index contributed by atoms with van der Waals surface area (Å²) < 4.78 is 5.55. The van der Waals surface area contributed by atoms with Crippen molar-refractivity contribution in [3.05, 3.63) is 35.7 Å². The molecule has 0 fully saturated rings. The summed E-state index contributed by atoms with van der Waals surface area (Å²) in [5.41, 5.74) is -0.0271. The largest absolute Gasteiger partial charge is 0.478 e. The van der Waals surface area contributed by atoms with Crippen LogP contribution < -0.4 is 0 Å². The van der Waals surface area contributed by atoms with Crippen molar-refractivity contribution in [2.24, 2.45) is 0 Å². The smallest absolute Gasteiger partial charge is 0.338 e. The third-order valence-corrected chi connectivity index (χ3v) is 3.43. The molecule has 6 nitrogen and oxygen atoms in total. The van der Waals surface area contributed by atoms with Crippen molar-refractivity contribution >= 4 is 17.7 Å². The molecule has 0 saturated carbocycles. The number of hydrogen-bond donors (Lipinski definition) is 1. The fourth-order valence-corrected chi connectivity index (χ4v) is 2.24. The highest BCUT2D eigenvalue weighted by atomic mass is 32.2. The first kappa shape index (κ1) is 14.5. The maximum absolute atomic E-state index is 11.1. The van der Waals surface area contributed by atoms with Gasteiger partial charge in [-0.25, -0.2) is 9.78 Å². The summed E-state index contributed by atoms with van der Waals surface area (Å²) in [5, 5.41) is 17.5. The molecule has 0 aromatic carbocycles. The van der Waals surface area contributed by atoms with Crippen LogP contribution in [0.5, 0.6) is 0 Å². The number of nitrogens with zero attached hydrogens (tertiary/aromatic N) is 3. The van der Waals surface area contributed by atoms with E-state index in [0.717, 1.165) is 0 Å². The summed E-state index contributed by atoms with van der Waals surface area (Å²) >= 11 is 1.26. The number of carbonyl (C=O) groups is 1. The molecule has 0 aliphatic carbocycles. The average molecular weight is 293 g/mol. The molecule has 7 heteroatoms. The second-order valence-corrected chi connectivity index (χ2v) is 6.16. The first-order chi connectivity index (χ1) is 9.38. The summed E-state index contributed by atoms with van der Waals surface area (Å²) in [5.74, 6) is 0.413. The highest BCUT2D eigenvalue weighted by molar-refractivity contribution is 7.98. The van der Waals surface area contributed by atoms with E-state index in [4.69, 9.17) is 9.52 Å². The van der Waals surface area contributed by atoms with E-state index in [1.165, 1.54) is 17.8 Å². The molecule has 0 radical (unpaired) electrons. The second-order valence-electron chi connectivity index (χ2n) is 5.20. The molecule has 1 N–H and O–H groups in total. The van der Waals surface area contributed by atoms with Crippen LogP contribution in [0.15, 0.2) is 27.8 Å². The van der Waals surface area contributed by atoms with Crippen LogP contribution in [0.4, 0.5) is 0 Å². The highest BCUT2D eigenvalue weighted by Crippen LogP contribution is 2.26. The summed E-state index contributed by atoms with van der Waals surface area (Å²) in [6.07, 6.45) is 1.56. The minimum absolute atomic E-state index is 0.174. The van der Waals surface area contributed by atoms with Crippen LogP contribution in [-0.4, -0.2) is 26.3 Å². The van der Waals surface area contributed by atoms with E-state index >= 15 is 0 Å². The monoisotopic (exact) mass is 293 g/mol. The Hall–Kier alpha value is -1.89. The fourth-order valence-electron chi connectivity index (χ4n) is 1.41. The SMILES string of the molecule is CC(C)(C)c1nnc(CSc2ncccc2C(=O)O)o1. The number of thioether (sulfide) groups is 1. The van der Waals surface area contributed by atoms with Gasteiger partial charge in [0.25, 0.3) is 0 Å². The quantitative estimate of drug-likeness (QED) is 0.867. The van der Waals surface area contributed by atoms with Crippen LogP contribution >= 0.6 is 11.8 Å². The van der Waals surface area contributed by atoms with Crippen molar-refractivity contribution in [2.75, 3.05) is 0 Å². The number of hydrogen-bond acceptors (Lipinski definition) is 6. The molecule has 20 heavy (non-hydrogen) atoms. The number of rotatable bonds is 4. The van der Waals surface area contributed by atoms with Gasteiger partial charge in [0.15, 0.2) is 0 Å². The molecule has 0 bridgehead atoms. The molecule has 106 valence electrons. The van der Waals surface area contributed by atoms with Gasteiger partial charge in [-0.1, -0.05) is 32.5 Å². The minimum Gasteiger partial charge on any atom is -0.478 e. The Morgan fingerprint density at radius 2 is 2.15 bits per heavy atom. The third-order valence-electron chi connectivity index (χ3n) is 2.44. The van der Waals surface area contributed by atoms with E-state index in [1.807, 2.05) is 20.8 Å². The molecule has 0 saturated heterocycles. The van der Waals surface area contributed by atoms with Gasteiger partial charge in [0.05, 0.1) is 11.3 Å². The normalized spacial score (nSPS) is 11.6. The van der Waals surface area contributed by atoms with Crippen molar-refractivity contribution in [1.29, 1.82) is 0 Å². The molecule has 0 spiro atoms. The first-order valence-corrected chi connectivity index (χ1v) is 7.00. The first-order valence-electron chi connectivity index (χ1n) is 6.02. The van der Waals surface area contributed by atoms with Crippen molar-refractivity contribution < 1.29 is 14.3 Å². The van der Waals surface area contributed by atoms with Gasteiger partial charge < -0.3 is 9.52 Å². The van der Waals surface area contributed by atoms with Crippen LogP contribution in [0.3, 0.4) is 0 Å². The van der Waals surface area contributed by atoms with E-state index in [2.05, 4.69) is 15.2 Å². The molecular weight excluding hydrogens is 278 g/mol. The van der Waals surface area contributed by atoms with E-state index < -0.39 is 5.97 Å². The lowest BCUT2D eigenvalue weighted by molar-refractivity contribution is 0.0692. The molecule has 0 atom stereocenters. The van der Waals surface area contributed by atoms with Gasteiger partial charge in [0.2, 0.25) is 11.8 Å². The molecule has 0 amide bonds. The Kier molecular flexibility index (Phi) is 4.08. The van der Waals surface area contributed by atoms with Gasteiger partial charge in [0, 0.05) is 11.6 Å². The lowest BCUT2D eigenvalue weighted by Crippen LogP contribution is -2.11. The maximum atomic E-state index is 11.1. The lowest BCUT2D eigenvalue weighted by atomic mass is 9.97. The van der Waals surface area contributed by atoms with E-state index in [0.29, 0.717) is 22.6 Å². The minimum atomic E-state index is -0.999. The van der Waals surface area contributed by atoms with Gasteiger partial charge in [-0.15, -0.1) is 10.2 Å². The van der Waals surface area contributed by atoms with E-state index in [1.54, 1.807) is 12.3 Å². The van der Waals surface area contributed by atoms with Crippen molar-refractivity contribution in [3.63, 3.8) is 0 Å². The molecule has 2 aromatic rings. The predicted octanol–water partition coefficient (Wildman–Crippen LogP) is 2.75. The Balaban J connectivity index is 2.10. The molecule has 0 unspecified atom stereocenters. The summed E-state index contributed by atoms with van der Waals surface area (Å²) in [7, 11) is 0. The Bertz CT molecular complexity index is 619. The molecule has 2 heterocycles. The molecule has 0 aliphatic rings. The zero-order valence-corrected chi connectivity index (χ0v) is 12.3. The zero-order valence-electron chi connectivity index (χ0n) is 11.5. The van der Waals surface area contributed by atoms with Gasteiger partial charge >= 0.3 is 5.97 Å². The van der Waals surface area contributed by atoms with Gasteiger partial charge in [-0.05, 0) is 12.1 Å². The van der Waals surface area contributed by atoms with E-state index in [-0.39, 0.29) is 11.0 Å². The standard InChI is InChI=1S/C13H15N3O3S/c1-13(2,3)12-16-15-9(19-12)7-20-10-8(11(17)18)5-4-6-14-10/h4-6H,7H2,1-3H3,(H,17,18). The Morgan fingerprint density at radius 1 is 1.40 bits per heavy atom. The number of aromatic nitrogens is 3. The zero-order chi connectivity index (χ0) is 14.8. The maximum Gasteiger partial charge on any atom is 0.338 e. The number of pyridine rings is 1. The van der Waals surface area contributed by atoms with Crippen LogP contribution in [0.1, 0.15) is 42.9 Å². The van der Waals surface area contributed by atoms with Crippen LogP contribution in [-0.2, 0) is 11.2 Å². The molecular formula is C13H15N3O3S. The number of aromatic carboxylic acids is 1. The summed E-state index contributed by atoms with van der Waals surface area (Å²) in [4.78, 5) is 15.1.